The second-order valence-electron chi connectivity index (χ2n) is 5.89. The smallest absolute Gasteiger partial charge is 0.220 e. The van der Waals surface area contributed by atoms with E-state index in [0.717, 1.165) is 32.4 Å². The predicted octanol–water partition coefficient (Wildman–Crippen LogP) is 2.18. The second-order valence-corrected chi connectivity index (χ2v) is 5.89. The number of hydrogen-bond donors (Lipinski definition) is 2. The number of carbonyl (C=O) groups is 1. The SMILES string of the molecule is O=C(CCC1CCNC1)NC1(c2ccccc2)CC1. The Morgan fingerprint density at radius 2 is 2.11 bits per heavy atom. The summed E-state index contributed by atoms with van der Waals surface area (Å²) in [5, 5.41) is 6.60. The fourth-order valence-electron chi connectivity index (χ4n) is 2.99. The third-order valence-corrected chi connectivity index (χ3v) is 4.40. The van der Waals surface area contributed by atoms with Gasteiger partial charge in [0.05, 0.1) is 5.54 Å². The topological polar surface area (TPSA) is 41.1 Å². The molecule has 1 saturated carbocycles. The van der Waals surface area contributed by atoms with E-state index in [1.165, 1.54) is 12.0 Å². The van der Waals surface area contributed by atoms with E-state index in [1.807, 2.05) is 18.2 Å². The lowest BCUT2D eigenvalue weighted by Crippen LogP contribution is -2.34. The van der Waals surface area contributed by atoms with Crippen molar-refractivity contribution in [1.29, 1.82) is 0 Å². The Bertz CT molecular complexity index is 433. The van der Waals surface area contributed by atoms with Gasteiger partial charge in [-0.05, 0) is 50.3 Å². The fourth-order valence-corrected chi connectivity index (χ4v) is 2.99. The number of carbonyl (C=O) groups excluding carboxylic acids is 1. The average Bonchev–Trinajstić information content (AvgIpc) is 3.03. The highest BCUT2D eigenvalue weighted by molar-refractivity contribution is 5.77. The number of hydrogen-bond acceptors (Lipinski definition) is 2. The second kappa shape index (κ2) is 5.33. The van der Waals surface area contributed by atoms with Gasteiger partial charge in [0.25, 0.3) is 0 Å². The zero-order valence-electron chi connectivity index (χ0n) is 11.3. The summed E-state index contributed by atoms with van der Waals surface area (Å²) in [4.78, 5) is 12.1. The molecule has 1 aromatic rings. The van der Waals surface area contributed by atoms with Crippen LogP contribution in [-0.2, 0) is 10.3 Å². The lowest BCUT2D eigenvalue weighted by molar-refractivity contribution is -0.122. The first kappa shape index (κ1) is 12.7. The Kier molecular flexibility index (Phi) is 3.56. The van der Waals surface area contributed by atoms with Gasteiger partial charge in [-0.25, -0.2) is 0 Å². The van der Waals surface area contributed by atoms with Gasteiger partial charge < -0.3 is 10.6 Å². The van der Waals surface area contributed by atoms with Crippen molar-refractivity contribution in [2.75, 3.05) is 13.1 Å². The molecule has 2 N–H and O–H groups in total. The molecule has 102 valence electrons. The first-order valence-electron chi connectivity index (χ1n) is 7.36. The molecule has 0 aromatic heterocycles. The molecule has 3 heteroatoms. The van der Waals surface area contributed by atoms with Gasteiger partial charge in [0.1, 0.15) is 0 Å². The van der Waals surface area contributed by atoms with Crippen LogP contribution in [0.5, 0.6) is 0 Å². The van der Waals surface area contributed by atoms with Crippen LogP contribution in [0.4, 0.5) is 0 Å². The van der Waals surface area contributed by atoms with Crippen molar-refractivity contribution in [3.63, 3.8) is 0 Å². The highest BCUT2D eigenvalue weighted by atomic mass is 16.1. The summed E-state index contributed by atoms with van der Waals surface area (Å²) in [5.74, 6) is 0.908. The molecule has 1 atom stereocenters. The van der Waals surface area contributed by atoms with Gasteiger partial charge >= 0.3 is 0 Å². The molecule has 0 bridgehead atoms. The molecular weight excluding hydrogens is 236 g/mol. The van der Waals surface area contributed by atoms with Gasteiger partial charge in [0.15, 0.2) is 0 Å². The third-order valence-electron chi connectivity index (χ3n) is 4.40. The van der Waals surface area contributed by atoms with Crippen LogP contribution in [0, 0.1) is 5.92 Å². The molecule has 1 heterocycles. The Hall–Kier alpha value is -1.35. The summed E-state index contributed by atoms with van der Waals surface area (Å²) in [6.45, 7) is 2.19. The molecule has 2 aliphatic rings. The van der Waals surface area contributed by atoms with Crippen molar-refractivity contribution < 1.29 is 4.79 Å². The van der Waals surface area contributed by atoms with Crippen molar-refractivity contribution in [3.05, 3.63) is 35.9 Å². The van der Waals surface area contributed by atoms with Gasteiger partial charge in [0.2, 0.25) is 5.91 Å². The highest BCUT2D eigenvalue weighted by Gasteiger charge is 2.45. The number of amides is 1. The molecular formula is C16H22N2O. The van der Waals surface area contributed by atoms with E-state index in [1.54, 1.807) is 0 Å². The maximum atomic E-state index is 12.1. The van der Waals surface area contributed by atoms with Crippen molar-refractivity contribution >= 4 is 5.91 Å². The lowest BCUT2D eigenvalue weighted by Gasteiger charge is -2.18. The van der Waals surface area contributed by atoms with Crippen LogP contribution in [0.2, 0.25) is 0 Å². The van der Waals surface area contributed by atoms with Gasteiger partial charge in [-0.2, -0.15) is 0 Å². The standard InChI is InChI=1S/C16H22N2O/c19-15(7-6-13-8-11-17-12-13)18-16(9-10-16)14-4-2-1-3-5-14/h1-5,13,17H,6-12H2,(H,18,19). The Balaban J connectivity index is 1.52. The minimum absolute atomic E-state index is 0.0493. The van der Waals surface area contributed by atoms with Crippen LogP contribution in [0.25, 0.3) is 0 Å². The van der Waals surface area contributed by atoms with E-state index in [0.29, 0.717) is 12.3 Å². The normalized spacial score (nSPS) is 24.1. The zero-order chi connectivity index (χ0) is 13.1. The molecule has 3 nitrogen and oxygen atoms in total. The van der Waals surface area contributed by atoms with Gasteiger partial charge in [-0.15, -0.1) is 0 Å². The molecule has 19 heavy (non-hydrogen) atoms. The predicted molar refractivity (Wildman–Crippen MR) is 75.7 cm³/mol. The van der Waals surface area contributed by atoms with Crippen LogP contribution in [0.3, 0.4) is 0 Å². The molecule has 1 aliphatic carbocycles. The molecule has 1 amide bonds. The molecule has 1 aromatic carbocycles. The van der Waals surface area contributed by atoms with E-state index in [-0.39, 0.29) is 11.4 Å². The van der Waals surface area contributed by atoms with Crippen molar-refractivity contribution in [3.8, 4) is 0 Å². The Morgan fingerprint density at radius 1 is 1.32 bits per heavy atom. The van der Waals surface area contributed by atoms with Gasteiger partial charge in [0, 0.05) is 6.42 Å². The van der Waals surface area contributed by atoms with E-state index in [4.69, 9.17) is 0 Å². The zero-order valence-corrected chi connectivity index (χ0v) is 11.3. The molecule has 1 saturated heterocycles. The van der Waals surface area contributed by atoms with E-state index < -0.39 is 0 Å². The van der Waals surface area contributed by atoms with Crippen molar-refractivity contribution in [2.45, 2.75) is 37.6 Å². The minimum atomic E-state index is -0.0493. The van der Waals surface area contributed by atoms with Crippen LogP contribution >= 0.6 is 0 Å². The minimum Gasteiger partial charge on any atom is -0.347 e. The summed E-state index contributed by atoms with van der Waals surface area (Å²) in [6.07, 6.45) is 5.06. The number of nitrogens with one attached hydrogen (secondary N) is 2. The maximum Gasteiger partial charge on any atom is 0.220 e. The molecule has 0 radical (unpaired) electrons. The summed E-state index contributed by atoms with van der Waals surface area (Å²) in [5.41, 5.74) is 1.21. The van der Waals surface area contributed by atoms with E-state index in [9.17, 15) is 4.79 Å². The fraction of sp³-hybridized carbons (Fsp3) is 0.562. The molecule has 0 spiro atoms. The molecule has 1 unspecified atom stereocenters. The maximum absolute atomic E-state index is 12.1. The van der Waals surface area contributed by atoms with Crippen LogP contribution in [-0.4, -0.2) is 19.0 Å². The summed E-state index contributed by atoms with van der Waals surface area (Å²) >= 11 is 0. The van der Waals surface area contributed by atoms with Gasteiger partial charge in [-0.1, -0.05) is 30.3 Å². The van der Waals surface area contributed by atoms with Crippen LogP contribution in [0.1, 0.15) is 37.7 Å². The Morgan fingerprint density at radius 3 is 2.74 bits per heavy atom. The lowest BCUT2D eigenvalue weighted by atomic mass is 10.0. The van der Waals surface area contributed by atoms with E-state index >= 15 is 0 Å². The number of rotatable bonds is 5. The van der Waals surface area contributed by atoms with Gasteiger partial charge in [-0.3, -0.25) is 4.79 Å². The molecule has 2 fully saturated rings. The molecule has 3 rings (SSSR count). The average molecular weight is 258 g/mol. The number of benzene rings is 1. The summed E-state index contributed by atoms with van der Waals surface area (Å²) in [7, 11) is 0. The van der Waals surface area contributed by atoms with E-state index in [2.05, 4.69) is 22.8 Å². The first-order valence-corrected chi connectivity index (χ1v) is 7.36. The summed E-state index contributed by atoms with van der Waals surface area (Å²) < 4.78 is 0. The van der Waals surface area contributed by atoms with Crippen molar-refractivity contribution in [2.24, 2.45) is 5.92 Å². The van der Waals surface area contributed by atoms with Crippen LogP contribution < -0.4 is 10.6 Å². The van der Waals surface area contributed by atoms with Crippen molar-refractivity contribution in [1.82, 2.24) is 10.6 Å². The molecule has 1 aliphatic heterocycles. The van der Waals surface area contributed by atoms with Crippen LogP contribution in [0.15, 0.2) is 30.3 Å². The quantitative estimate of drug-likeness (QED) is 0.850. The first-order chi connectivity index (χ1) is 9.28. The monoisotopic (exact) mass is 258 g/mol. The highest BCUT2D eigenvalue weighted by Crippen LogP contribution is 2.45. The third kappa shape index (κ3) is 2.98. The largest absolute Gasteiger partial charge is 0.347 e. The Labute approximate surface area is 114 Å². The summed E-state index contributed by atoms with van der Waals surface area (Å²) in [6, 6.07) is 10.4.